The number of nitrogen functional groups attached to an aromatic ring is 1. The Labute approximate surface area is 291 Å². The third kappa shape index (κ3) is 12.1. The van der Waals surface area contributed by atoms with E-state index in [9.17, 15) is 26.6 Å². The normalized spacial score (nSPS) is 11.3. The van der Waals surface area contributed by atoms with E-state index in [2.05, 4.69) is 49.4 Å². The molecule has 18 nitrogen and oxygen atoms in total. The summed E-state index contributed by atoms with van der Waals surface area (Å²) in [5, 5.41) is 35.3. The van der Waals surface area contributed by atoms with Crippen molar-refractivity contribution >= 4 is 78.5 Å². The van der Waals surface area contributed by atoms with Crippen molar-refractivity contribution in [2.75, 3.05) is 28.7 Å². The second-order valence-corrected chi connectivity index (χ2v) is 11.2. The number of aromatic nitrogens is 3. The first-order valence-corrected chi connectivity index (χ1v) is 14.3. The van der Waals surface area contributed by atoms with Gasteiger partial charge in [-0.15, -0.1) is 5.11 Å². The van der Waals surface area contributed by atoms with Crippen LogP contribution >= 0.6 is 23.6 Å². The molecule has 24 heteroatoms. The van der Waals surface area contributed by atoms with Crippen LogP contribution in [-0.2, 0) is 33.8 Å². The Balaban J connectivity index is 0.00000441. The summed E-state index contributed by atoms with van der Waals surface area (Å²) in [6.45, 7) is -0.843. The molecule has 2 aromatic carbocycles. The first-order valence-electron chi connectivity index (χ1n) is 10.2. The van der Waals surface area contributed by atoms with Crippen molar-refractivity contribution < 1.29 is 99.3 Å². The van der Waals surface area contributed by atoms with Gasteiger partial charge in [-0.05, 0) is 48.0 Å². The van der Waals surface area contributed by atoms with Gasteiger partial charge in [-0.2, -0.15) is 29.7 Å². The molecule has 0 spiro atoms. The van der Waals surface area contributed by atoms with E-state index in [1.165, 1.54) is 36.4 Å². The van der Waals surface area contributed by atoms with E-state index in [0.29, 0.717) is 12.0 Å². The van der Waals surface area contributed by atoms with E-state index >= 15 is 0 Å². The second-order valence-electron chi connectivity index (χ2n) is 6.98. The van der Waals surface area contributed by atoms with Crippen LogP contribution in [-0.4, -0.2) is 48.7 Å². The number of rotatable bonds is 13. The van der Waals surface area contributed by atoms with Crippen molar-refractivity contribution in [1.29, 1.82) is 5.26 Å². The number of sulfone groups is 1. The zero-order valence-electron chi connectivity index (χ0n) is 21.4. The number of azo groups is 1. The number of nitriles is 1. The molecular formula is C18H14ClN9Na2O9S3. The average Bonchev–Trinajstić information content (AvgIpc) is 2.87. The van der Waals surface area contributed by atoms with Gasteiger partial charge in [-0.1, -0.05) is 0 Å². The molecular weight excluding hydrogens is 664 g/mol. The molecule has 0 aliphatic rings. The number of hydrogen-bond donors (Lipinski definition) is 3. The van der Waals surface area contributed by atoms with Crippen LogP contribution < -0.4 is 80.7 Å². The van der Waals surface area contributed by atoms with Crippen molar-refractivity contribution in [1.82, 2.24) is 15.0 Å². The molecule has 1 aromatic heterocycles. The number of anilines is 4. The van der Waals surface area contributed by atoms with Crippen LogP contribution in [0.25, 0.3) is 0 Å². The molecule has 0 atom stereocenters. The van der Waals surface area contributed by atoms with Crippen molar-refractivity contribution in [3.8, 4) is 6.19 Å². The first kappa shape index (κ1) is 38.3. The number of nitrogens with two attached hydrogens (primary N) is 1. The van der Waals surface area contributed by atoms with E-state index in [-0.39, 0.29) is 109 Å². The van der Waals surface area contributed by atoms with E-state index in [4.69, 9.17) is 22.6 Å². The molecule has 3 aromatic rings. The summed E-state index contributed by atoms with van der Waals surface area (Å²) in [7, 11) is -9.00. The van der Waals surface area contributed by atoms with E-state index in [0.717, 1.165) is 0 Å². The van der Waals surface area contributed by atoms with Gasteiger partial charge in [0.05, 0.1) is 45.6 Å². The Morgan fingerprint density at radius 2 is 1.74 bits per heavy atom. The maximum absolute atomic E-state index is 12.3. The summed E-state index contributed by atoms with van der Waals surface area (Å²) in [5.74, 6) is -1.00. The molecule has 0 radical (unpaired) electrons. The monoisotopic (exact) mass is 677 g/mol. The molecule has 0 amide bonds. The van der Waals surface area contributed by atoms with E-state index < -0.39 is 32.6 Å². The molecule has 1 heterocycles. The quantitative estimate of drug-likeness (QED) is 0.0147. The molecule has 0 saturated carbocycles. The van der Waals surface area contributed by atoms with Gasteiger partial charge in [0, 0.05) is 5.69 Å². The van der Waals surface area contributed by atoms with Gasteiger partial charge in [0.2, 0.25) is 27.6 Å². The minimum atomic E-state index is -5.03. The Bertz CT molecular complexity index is 1660. The maximum atomic E-state index is 12.3. The zero-order valence-corrected chi connectivity index (χ0v) is 28.6. The minimum absolute atomic E-state index is 0. The van der Waals surface area contributed by atoms with Crippen LogP contribution in [0.4, 0.5) is 34.6 Å². The number of nitrogens with zero attached hydrogens (tertiary/aromatic N) is 6. The third-order valence-corrected chi connectivity index (χ3v) is 7.33. The predicted molar refractivity (Wildman–Crippen MR) is 135 cm³/mol. The summed E-state index contributed by atoms with van der Waals surface area (Å²) >= 11 is 6.36. The molecule has 4 N–H and O–H groups in total. The molecule has 3 rings (SSSR count). The molecule has 0 bridgehead atoms. The van der Waals surface area contributed by atoms with Crippen LogP contribution in [0.3, 0.4) is 0 Å². The number of benzene rings is 2. The smallest absolute Gasteiger partial charge is 0.726 e. The predicted octanol–water partition coefficient (Wildman–Crippen LogP) is -4.35. The largest absolute Gasteiger partial charge is 1.00 e. The topological polar surface area (TPSA) is 279 Å². The van der Waals surface area contributed by atoms with Gasteiger partial charge in [-0.25, -0.2) is 16.8 Å². The summed E-state index contributed by atoms with van der Waals surface area (Å²) in [6.07, 6.45) is 1.64. The Morgan fingerprint density at radius 1 is 1.07 bits per heavy atom. The SMILES string of the molecule is N#CNc1nc(Cl)nc(Nc2cc(N)c(SOO[O-])cc2N=Nc2ccc(S(=O)(=O)CCOS(=O)(=O)[O-])cc2)n1.[Na+].[Na+]. The van der Waals surface area contributed by atoms with Crippen LogP contribution in [0, 0.1) is 11.5 Å². The van der Waals surface area contributed by atoms with Gasteiger partial charge < -0.3 is 20.9 Å². The van der Waals surface area contributed by atoms with E-state index in [1.54, 1.807) is 6.19 Å². The fourth-order valence-electron chi connectivity index (χ4n) is 2.72. The number of halogens is 1. The standard InChI is InChI=1S/C18H16ClN9O9S3.2Na/c19-16-24-17(22-9-20)26-18(25-16)23-13-7-12(21)15(38-37-36-29)8-14(13)28-27-10-1-3-11(4-2-10)39(30,31)6-5-35-40(32,33)34;;/h1-4,7-8,29H,5-6,21H2,(H,32,33,34)(H2,22,23,24,25,26);;/q;2*+1/p-2. The fourth-order valence-corrected chi connectivity index (χ4v) is 4.78. The van der Waals surface area contributed by atoms with Crippen molar-refractivity contribution in [3.05, 3.63) is 41.7 Å². The summed E-state index contributed by atoms with van der Waals surface area (Å²) in [5.41, 5.74) is 6.59. The summed E-state index contributed by atoms with van der Waals surface area (Å²) in [6, 6.07) is 7.73. The number of nitrogens with one attached hydrogen (secondary N) is 2. The van der Waals surface area contributed by atoms with Crippen LogP contribution in [0.2, 0.25) is 5.28 Å². The molecule has 0 unspecified atom stereocenters. The van der Waals surface area contributed by atoms with Crippen molar-refractivity contribution in [2.45, 2.75) is 9.79 Å². The van der Waals surface area contributed by atoms with Gasteiger partial charge in [-0.3, -0.25) is 14.5 Å². The van der Waals surface area contributed by atoms with Crippen molar-refractivity contribution in [3.63, 3.8) is 0 Å². The molecule has 212 valence electrons. The third-order valence-electron chi connectivity index (χ3n) is 4.35. The molecule has 42 heavy (non-hydrogen) atoms. The van der Waals surface area contributed by atoms with Gasteiger partial charge >= 0.3 is 59.1 Å². The minimum Gasteiger partial charge on any atom is -0.726 e. The Hall–Kier alpha value is -1.72. The fraction of sp³-hybridized carbons (Fsp3) is 0.111. The molecule has 0 saturated heterocycles. The van der Waals surface area contributed by atoms with Crippen LogP contribution in [0.15, 0.2) is 56.4 Å². The Morgan fingerprint density at radius 3 is 2.36 bits per heavy atom. The van der Waals surface area contributed by atoms with E-state index in [1.807, 2.05) is 0 Å². The van der Waals surface area contributed by atoms with Gasteiger partial charge in [0.15, 0.2) is 16.0 Å². The molecule has 0 aliphatic heterocycles. The number of hydrogen-bond acceptors (Lipinski definition) is 19. The summed E-state index contributed by atoms with van der Waals surface area (Å²) in [4.78, 5) is 11.6. The van der Waals surface area contributed by atoms with Gasteiger partial charge in [0.1, 0.15) is 5.69 Å². The second kappa shape index (κ2) is 17.5. The van der Waals surface area contributed by atoms with Gasteiger partial charge in [0.25, 0.3) is 0 Å². The summed E-state index contributed by atoms with van der Waals surface area (Å²) < 4.78 is 64.4. The van der Waals surface area contributed by atoms with Crippen molar-refractivity contribution in [2.24, 2.45) is 10.2 Å². The molecule has 0 aliphatic carbocycles. The average molecular weight is 678 g/mol. The van der Waals surface area contributed by atoms with Crippen LogP contribution in [0.5, 0.6) is 0 Å². The molecule has 0 fully saturated rings. The Kier molecular flexibility index (Phi) is 16.0. The first-order chi connectivity index (χ1) is 18.9. The van der Waals surface area contributed by atoms with Crippen LogP contribution in [0.1, 0.15) is 0 Å². The maximum Gasteiger partial charge on any atom is 1.00 e. The zero-order chi connectivity index (χ0) is 29.3.